The molecule has 1 saturated heterocycles. The average molecular weight is 761 g/mol. The molecule has 1 spiro atoms. The summed E-state index contributed by atoms with van der Waals surface area (Å²) in [5.74, 6) is 0.800. The molecule has 6 aromatic carbocycles. The average Bonchev–Trinajstić information content (AvgIpc) is 3.27. The van der Waals surface area contributed by atoms with E-state index < -0.39 is 30.0 Å². The van der Waals surface area contributed by atoms with Gasteiger partial charge in [0.05, 0.1) is 39.6 Å². The molecular weight excluding hydrogens is 709 g/mol. The van der Waals surface area contributed by atoms with Crippen molar-refractivity contribution in [3.05, 3.63) is 208 Å². The predicted molar refractivity (Wildman–Crippen MR) is 223 cm³/mol. The van der Waals surface area contributed by atoms with Gasteiger partial charge in [0.25, 0.3) is 0 Å². The lowest BCUT2D eigenvalue weighted by Crippen LogP contribution is -2.66. The summed E-state index contributed by atoms with van der Waals surface area (Å²) in [4.78, 5) is 0. The first kappa shape index (κ1) is 38.8. The Labute approximate surface area is 337 Å². The molecule has 292 valence electrons. The van der Waals surface area contributed by atoms with Crippen LogP contribution >= 0.6 is 0 Å². The number of benzene rings is 6. The predicted octanol–water partition coefficient (Wildman–Crippen LogP) is 10.2. The van der Waals surface area contributed by atoms with Crippen molar-refractivity contribution in [3.63, 3.8) is 0 Å². The first-order valence-electron chi connectivity index (χ1n) is 20.3. The molecule has 6 aromatic rings. The number of rotatable bonds is 16. The Bertz CT molecular complexity index is 2110. The van der Waals surface area contributed by atoms with Gasteiger partial charge in [-0.05, 0) is 63.9 Å². The minimum atomic E-state index is -0.931. The van der Waals surface area contributed by atoms with Crippen molar-refractivity contribution in [2.75, 3.05) is 13.2 Å². The van der Waals surface area contributed by atoms with Gasteiger partial charge in [-0.2, -0.15) is 0 Å². The van der Waals surface area contributed by atoms with Gasteiger partial charge < -0.3 is 28.4 Å². The van der Waals surface area contributed by atoms with Crippen LogP contribution in [0, 0.1) is 0 Å². The molecule has 0 bridgehead atoms. The Hall–Kier alpha value is -5.08. The van der Waals surface area contributed by atoms with E-state index in [4.69, 9.17) is 28.4 Å². The number of hydrogen-bond acceptors (Lipinski definition) is 6. The van der Waals surface area contributed by atoms with Gasteiger partial charge in [-0.3, -0.25) is 0 Å². The normalized spacial score (nSPS) is 21.5. The van der Waals surface area contributed by atoms with Crippen molar-refractivity contribution in [3.8, 4) is 5.75 Å². The highest BCUT2D eigenvalue weighted by Crippen LogP contribution is 2.50. The molecule has 0 aliphatic carbocycles. The van der Waals surface area contributed by atoms with Gasteiger partial charge >= 0.3 is 0 Å². The molecule has 2 aliphatic rings. The van der Waals surface area contributed by atoms with Crippen LogP contribution in [-0.2, 0) is 68.6 Å². The summed E-state index contributed by atoms with van der Waals surface area (Å²) in [6.45, 7) is 4.54. The molecule has 8 rings (SSSR count). The van der Waals surface area contributed by atoms with Crippen molar-refractivity contribution >= 4 is 0 Å². The van der Waals surface area contributed by atoms with E-state index >= 15 is 0 Å². The monoisotopic (exact) mass is 760 g/mol. The molecule has 0 amide bonds. The molecule has 6 nitrogen and oxygen atoms in total. The van der Waals surface area contributed by atoms with Crippen LogP contribution in [0.2, 0.25) is 0 Å². The number of aryl methyl sites for hydroxylation is 1. The van der Waals surface area contributed by atoms with E-state index in [1.807, 2.05) is 72.8 Å². The summed E-state index contributed by atoms with van der Waals surface area (Å²) in [6.07, 6.45) is 0.250. The van der Waals surface area contributed by atoms with Gasteiger partial charge in [0.2, 0.25) is 0 Å². The quantitative estimate of drug-likeness (QED) is 0.0980. The standard InChI is InChI=1S/C51H52O6/c1-2-38-23-25-39(26-24-38)31-44-27-28-46-45(32-44)51(29-30-53-46)50(56-36-43-21-13-6-14-22-43)49(55-35-42-19-11-5-12-20-42)48(54-34-41-17-9-4-10-18-41)47(57-51)37-52-33-40-15-7-3-8-16-40/h3-28,32,47-50H,2,29-31,33-37H2,1H3. The molecule has 5 unspecified atom stereocenters. The highest BCUT2D eigenvalue weighted by Gasteiger charge is 2.59. The van der Waals surface area contributed by atoms with Crippen molar-refractivity contribution < 1.29 is 28.4 Å². The smallest absolute Gasteiger partial charge is 0.129 e. The van der Waals surface area contributed by atoms with Gasteiger partial charge in [-0.15, -0.1) is 0 Å². The van der Waals surface area contributed by atoms with Crippen LogP contribution in [0.25, 0.3) is 0 Å². The van der Waals surface area contributed by atoms with E-state index in [0.717, 1.165) is 46.4 Å². The third kappa shape index (κ3) is 9.56. The summed E-state index contributed by atoms with van der Waals surface area (Å²) in [6, 6.07) is 56.6. The maximum Gasteiger partial charge on any atom is 0.129 e. The Kier molecular flexibility index (Phi) is 12.9. The summed E-state index contributed by atoms with van der Waals surface area (Å²) < 4.78 is 41.8. The largest absolute Gasteiger partial charge is 0.493 e. The first-order valence-corrected chi connectivity index (χ1v) is 20.3. The summed E-state index contributed by atoms with van der Waals surface area (Å²) in [5, 5.41) is 0. The topological polar surface area (TPSA) is 55.4 Å². The maximum atomic E-state index is 7.56. The molecule has 0 saturated carbocycles. The van der Waals surface area contributed by atoms with E-state index in [0.29, 0.717) is 46.1 Å². The van der Waals surface area contributed by atoms with Crippen LogP contribution in [0.5, 0.6) is 5.75 Å². The fourth-order valence-electron chi connectivity index (χ4n) is 8.09. The van der Waals surface area contributed by atoms with E-state index in [9.17, 15) is 0 Å². The third-order valence-corrected chi connectivity index (χ3v) is 11.1. The summed E-state index contributed by atoms with van der Waals surface area (Å²) in [5.41, 5.74) is 8.10. The van der Waals surface area contributed by atoms with Crippen LogP contribution in [0.3, 0.4) is 0 Å². The van der Waals surface area contributed by atoms with Gasteiger partial charge in [0.1, 0.15) is 35.8 Å². The lowest BCUT2D eigenvalue weighted by Gasteiger charge is -2.54. The highest BCUT2D eigenvalue weighted by molar-refractivity contribution is 5.46. The molecule has 1 fully saturated rings. The number of fused-ring (bicyclic) bond motifs is 2. The number of hydrogen-bond donors (Lipinski definition) is 0. The zero-order chi connectivity index (χ0) is 38.7. The first-order chi connectivity index (χ1) is 28.2. The van der Waals surface area contributed by atoms with Gasteiger partial charge in [-0.1, -0.05) is 159 Å². The molecule has 0 N–H and O–H groups in total. The molecular formula is C51H52O6. The molecule has 0 aromatic heterocycles. The minimum Gasteiger partial charge on any atom is -0.493 e. The van der Waals surface area contributed by atoms with Gasteiger partial charge in [0, 0.05) is 12.0 Å². The van der Waals surface area contributed by atoms with E-state index in [1.165, 1.54) is 16.7 Å². The molecule has 2 aliphatic heterocycles. The van der Waals surface area contributed by atoms with Crippen LogP contribution in [0.4, 0.5) is 0 Å². The molecule has 6 heteroatoms. The van der Waals surface area contributed by atoms with E-state index in [-0.39, 0.29) is 0 Å². The van der Waals surface area contributed by atoms with E-state index in [1.54, 1.807) is 0 Å². The Morgan fingerprint density at radius 1 is 0.526 bits per heavy atom. The molecule has 0 radical (unpaired) electrons. The van der Waals surface area contributed by atoms with Gasteiger partial charge in [-0.25, -0.2) is 0 Å². The Morgan fingerprint density at radius 3 is 1.61 bits per heavy atom. The fourth-order valence-corrected chi connectivity index (χ4v) is 8.09. The van der Waals surface area contributed by atoms with Crippen LogP contribution < -0.4 is 4.74 Å². The van der Waals surface area contributed by atoms with E-state index in [2.05, 4.69) is 97.9 Å². The Balaban J connectivity index is 1.21. The lowest BCUT2D eigenvalue weighted by atomic mass is 9.75. The highest BCUT2D eigenvalue weighted by atomic mass is 16.6. The maximum absolute atomic E-state index is 7.56. The van der Waals surface area contributed by atoms with Crippen molar-refractivity contribution in [1.82, 2.24) is 0 Å². The second-order valence-electron chi connectivity index (χ2n) is 15.1. The molecule has 5 atom stereocenters. The molecule has 2 heterocycles. The summed E-state index contributed by atoms with van der Waals surface area (Å²) in [7, 11) is 0. The minimum absolute atomic E-state index is 0.298. The number of ether oxygens (including phenoxy) is 6. The lowest BCUT2D eigenvalue weighted by molar-refractivity contribution is -0.318. The molecule has 57 heavy (non-hydrogen) atoms. The van der Waals surface area contributed by atoms with Crippen LogP contribution in [-0.4, -0.2) is 37.6 Å². The van der Waals surface area contributed by atoms with Crippen molar-refractivity contribution in [2.24, 2.45) is 0 Å². The zero-order valence-electron chi connectivity index (χ0n) is 32.7. The third-order valence-electron chi connectivity index (χ3n) is 11.1. The SMILES string of the molecule is CCc1ccc(Cc2ccc3c(c2)C2(CCO3)OC(COCc3ccccc3)C(OCc3ccccc3)C(OCc3ccccc3)C2OCc2ccccc2)cc1. The second-order valence-corrected chi connectivity index (χ2v) is 15.1. The van der Waals surface area contributed by atoms with Crippen molar-refractivity contribution in [1.29, 1.82) is 0 Å². The Morgan fingerprint density at radius 2 is 1.04 bits per heavy atom. The van der Waals surface area contributed by atoms with Crippen molar-refractivity contribution in [2.45, 2.75) is 82.6 Å². The van der Waals surface area contributed by atoms with Gasteiger partial charge in [0.15, 0.2) is 0 Å². The van der Waals surface area contributed by atoms with Crippen LogP contribution in [0.15, 0.2) is 164 Å². The fraction of sp³-hybridized carbons (Fsp3) is 0.294. The van der Waals surface area contributed by atoms with Crippen LogP contribution in [0.1, 0.15) is 57.9 Å². The second kappa shape index (κ2) is 18.9. The summed E-state index contributed by atoms with van der Waals surface area (Å²) >= 11 is 0. The zero-order valence-corrected chi connectivity index (χ0v) is 32.7.